The minimum atomic E-state index is -0.854. The van der Waals surface area contributed by atoms with E-state index < -0.39 is 11.5 Å². The van der Waals surface area contributed by atoms with E-state index in [1.165, 1.54) is 0 Å². The standard InChI is InChI=1S/C13H28N2O2/c1-6-8-11(3)15(5)10-13(4,12(16)17)14-9-7-2/h11,14H,6-10H2,1-5H3,(H,16,17). The zero-order valence-electron chi connectivity index (χ0n) is 11.9. The van der Waals surface area contributed by atoms with Crippen LogP contribution in [0.4, 0.5) is 0 Å². The molecule has 0 saturated carbocycles. The summed E-state index contributed by atoms with van der Waals surface area (Å²) in [5.41, 5.74) is -0.854. The molecule has 4 heteroatoms. The van der Waals surface area contributed by atoms with Crippen LogP contribution in [0, 0.1) is 0 Å². The molecule has 17 heavy (non-hydrogen) atoms. The van der Waals surface area contributed by atoms with Crippen LogP contribution in [0.5, 0.6) is 0 Å². The van der Waals surface area contributed by atoms with Gasteiger partial charge in [-0.15, -0.1) is 0 Å². The van der Waals surface area contributed by atoms with E-state index in [0.717, 1.165) is 25.8 Å². The van der Waals surface area contributed by atoms with Crippen molar-refractivity contribution in [2.75, 3.05) is 20.1 Å². The van der Waals surface area contributed by atoms with Crippen LogP contribution in [0.1, 0.15) is 47.0 Å². The minimum absolute atomic E-state index is 0.419. The summed E-state index contributed by atoms with van der Waals surface area (Å²) in [6, 6.07) is 0.419. The third-order valence-corrected chi connectivity index (χ3v) is 3.26. The van der Waals surface area contributed by atoms with Crippen LogP contribution in [0.15, 0.2) is 0 Å². The second-order valence-electron chi connectivity index (χ2n) is 5.12. The Labute approximate surface area is 105 Å². The first-order valence-corrected chi connectivity index (χ1v) is 6.56. The van der Waals surface area contributed by atoms with Crippen molar-refractivity contribution in [1.82, 2.24) is 10.2 Å². The van der Waals surface area contributed by atoms with Crippen molar-refractivity contribution in [3.05, 3.63) is 0 Å². The molecule has 2 N–H and O–H groups in total. The Morgan fingerprint density at radius 3 is 2.41 bits per heavy atom. The van der Waals surface area contributed by atoms with Gasteiger partial charge in [-0.2, -0.15) is 0 Å². The van der Waals surface area contributed by atoms with E-state index in [0.29, 0.717) is 12.6 Å². The molecule has 0 aromatic rings. The predicted octanol–water partition coefficient (Wildman–Crippen LogP) is 1.95. The number of rotatable bonds is 9. The van der Waals surface area contributed by atoms with Crippen LogP contribution in [-0.2, 0) is 4.79 Å². The molecule has 0 heterocycles. The molecule has 0 saturated heterocycles. The highest BCUT2D eigenvalue weighted by molar-refractivity contribution is 5.78. The van der Waals surface area contributed by atoms with Gasteiger partial charge >= 0.3 is 5.97 Å². The number of nitrogens with one attached hydrogen (secondary N) is 1. The largest absolute Gasteiger partial charge is 0.480 e. The summed E-state index contributed by atoms with van der Waals surface area (Å²) >= 11 is 0. The lowest BCUT2D eigenvalue weighted by molar-refractivity contribution is -0.145. The van der Waals surface area contributed by atoms with Crippen molar-refractivity contribution < 1.29 is 9.90 Å². The number of carboxylic acid groups (broad SMARTS) is 1. The average molecular weight is 244 g/mol. The SMILES string of the molecule is CCCNC(C)(CN(C)C(C)CCC)C(=O)O. The Bertz CT molecular complexity index is 233. The quantitative estimate of drug-likeness (QED) is 0.651. The van der Waals surface area contributed by atoms with Gasteiger partial charge in [-0.3, -0.25) is 4.79 Å². The Morgan fingerprint density at radius 1 is 1.41 bits per heavy atom. The molecule has 0 fully saturated rings. The third kappa shape index (κ3) is 5.50. The lowest BCUT2D eigenvalue weighted by Crippen LogP contribution is -2.57. The van der Waals surface area contributed by atoms with Crippen molar-refractivity contribution in [2.45, 2.75) is 58.5 Å². The summed E-state index contributed by atoms with van der Waals surface area (Å²) in [7, 11) is 2.00. The molecule has 0 aromatic heterocycles. The second-order valence-corrected chi connectivity index (χ2v) is 5.12. The fourth-order valence-electron chi connectivity index (χ4n) is 1.89. The molecule has 0 aliphatic carbocycles. The van der Waals surface area contributed by atoms with Crippen molar-refractivity contribution in [3.8, 4) is 0 Å². The smallest absolute Gasteiger partial charge is 0.324 e. The van der Waals surface area contributed by atoms with Gasteiger partial charge in [0.1, 0.15) is 5.54 Å². The Hall–Kier alpha value is -0.610. The summed E-state index contributed by atoms with van der Waals surface area (Å²) < 4.78 is 0. The van der Waals surface area contributed by atoms with Gasteiger partial charge in [0.25, 0.3) is 0 Å². The van der Waals surface area contributed by atoms with E-state index in [1.807, 2.05) is 14.0 Å². The molecule has 0 rings (SSSR count). The third-order valence-electron chi connectivity index (χ3n) is 3.26. The maximum atomic E-state index is 11.4. The molecule has 0 aliphatic heterocycles. The fourth-order valence-corrected chi connectivity index (χ4v) is 1.89. The first-order valence-electron chi connectivity index (χ1n) is 6.56. The summed E-state index contributed by atoms with van der Waals surface area (Å²) in [5.74, 6) is -0.776. The van der Waals surface area contributed by atoms with Crippen LogP contribution < -0.4 is 5.32 Å². The lowest BCUT2D eigenvalue weighted by Gasteiger charge is -2.34. The number of likely N-dealkylation sites (N-methyl/N-ethyl adjacent to an activating group) is 1. The van der Waals surface area contributed by atoms with Crippen molar-refractivity contribution in [1.29, 1.82) is 0 Å². The van der Waals surface area contributed by atoms with Crippen molar-refractivity contribution in [2.24, 2.45) is 0 Å². The number of carboxylic acids is 1. The normalized spacial score (nSPS) is 16.8. The molecule has 2 atom stereocenters. The Morgan fingerprint density at radius 2 is 2.00 bits per heavy atom. The van der Waals surface area contributed by atoms with E-state index in [2.05, 4.69) is 24.1 Å². The predicted molar refractivity (Wildman–Crippen MR) is 71.3 cm³/mol. The highest BCUT2D eigenvalue weighted by Crippen LogP contribution is 2.11. The average Bonchev–Trinajstić information content (AvgIpc) is 2.26. The number of hydrogen-bond acceptors (Lipinski definition) is 3. The molecule has 0 aliphatic rings. The van der Waals surface area contributed by atoms with Gasteiger partial charge in [-0.05, 0) is 40.3 Å². The van der Waals surface area contributed by atoms with Crippen LogP contribution in [0.3, 0.4) is 0 Å². The first kappa shape index (κ1) is 16.4. The molecule has 0 spiro atoms. The maximum absolute atomic E-state index is 11.4. The van der Waals surface area contributed by atoms with Crippen LogP contribution in [0.2, 0.25) is 0 Å². The van der Waals surface area contributed by atoms with Crippen LogP contribution in [-0.4, -0.2) is 47.7 Å². The number of nitrogens with zero attached hydrogens (tertiary/aromatic N) is 1. The topological polar surface area (TPSA) is 52.6 Å². The molecular formula is C13H28N2O2. The van der Waals surface area contributed by atoms with Gasteiger partial charge in [-0.1, -0.05) is 20.3 Å². The minimum Gasteiger partial charge on any atom is -0.480 e. The zero-order valence-corrected chi connectivity index (χ0v) is 11.9. The summed E-state index contributed by atoms with van der Waals surface area (Å²) in [6.45, 7) is 9.36. The lowest BCUT2D eigenvalue weighted by atomic mass is 10.0. The highest BCUT2D eigenvalue weighted by atomic mass is 16.4. The fraction of sp³-hybridized carbons (Fsp3) is 0.923. The van der Waals surface area contributed by atoms with Gasteiger partial charge < -0.3 is 15.3 Å². The summed E-state index contributed by atoms with van der Waals surface area (Å²) in [4.78, 5) is 13.5. The molecule has 0 amide bonds. The summed E-state index contributed by atoms with van der Waals surface area (Å²) in [6.07, 6.45) is 3.16. The highest BCUT2D eigenvalue weighted by Gasteiger charge is 2.34. The van der Waals surface area contributed by atoms with Crippen LogP contribution >= 0.6 is 0 Å². The van der Waals surface area contributed by atoms with Gasteiger partial charge in [0.2, 0.25) is 0 Å². The Balaban J connectivity index is 4.47. The Kier molecular flexibility index (Phi) is 7.39. The monoisotopic (exact) mass is 244 g/mol. The zero-order chi connectivity index (χ0) is 13.5. The number of aliphatic carboxylic acids is 1. The van der Waals surface area contributed by atoms with Gasteiger partial charge in [0.05, 0.1) is 0 Å². The van der Waals surface area contributed by atoms with E-state index in [1.54, 1.807) is 6.92 Å². The molecule has 0 radical (unpaired) electrons. The van der Waals surface area contributed by atoms with Crippen LogP contribution in [0.25, 0.3) is 0 Å². The van der Waals surface area contributed by atoms with Gasteiger partial charge in [0.15, 0.2) is 0 Å². The van der Waals surface area contributed by atoms with Crippen molar-refractivity contribution in [3.63, 3.8) is 0 Å². The molecular weight excluding hydrogens is 216 g/mol. The van der Waals surface area contributed by atoms with E-state index in [9.17, 15) is 9.90 Å². The van der Waals surface area contributed by atoms with E-state index >= 15 is 0 Å². The summed E-state index contributed by atoms with van der Waals surface area (Å²) in [5, 5.41) is 12.5. The second kappa shape index (κ2) is 7.67. The van der Waals surface area contributed by atoms with E-state index in [-0.39, 0.29) is 0 Å². The molecule has 2 unspecified atom stereocenters. The van der Waals surface area contributed by atoms with Crippen molar-refractivity contribution >= 4 is 5.97 Å². The molecule has 0 bridgehead atoms. The molecule has 4 nitrogen and oxygen atoms in total. The number of hydrogen-bond donors (Lipinski definition) is 2. The maximum Gasteiger partial charge on any atom is 0.324 e. The number of carbonyl (C=O) groups is 1. The molecule has 0 aromatic carbocycles. The van der Waals surface area contributed by atoms with Gasteiger partial charge in [0, 0.05) is 12.6 Å². The first-order chi connectivity index (χ1) is 7.87. The van der Waals surface area contributed by atoms with E-state index in [4.69, 9.17) is 0 Å². The van der Waals surface area contributed by atoms with Gasteiger partial charge in [-0.25, -0.2) is 0 Å². The molecule has 102 valence electrons.